The van der Waals surface area contributed by atoms with Crippen molar-refractivity contribution < 1.29 is 18.8 Å². The van der Waals surface area contributed by atoms with Crippen molar-refractivity contribution in [3.05, 3.63) is 36.0 Å². The first kappa shape index (κ1) is 16.4. The Balaban J connectivity index is 1.50. The van der Waals surface area contributed by atoms with Crippen LogP contribution in [0.4, 0.5) is 5.69 Å². The van der Waals surface area contributed by atoms with Crippen molar-refractivity contribution in [1.82, 2.24) is 10.1 Å². The number of aromatic nitrogens is 2. The molecule has 24 heavy (non-hydrogen) atoms. The van der Waals surface area contributed by atoms with Crippen molar-refractivity contribution in [2.24, 2.45) is 5.73 Å². The van der Waals surface area contributed by atoms with Gasteiger partial charge in [-0.25, -0.2) is 0 Å². The summed E-state index contributed by atoms with van der Waals surface area (Å²) in [5.74, 6) is 1.47. The number of nitrogens with one attached hydrogen (secondary N) is 1. The van der Waals surface area contributed by atoms with Crippen molar-refractivity contribution in [3.63, 3.8) is 0 Å². The summed E-state index contributed by atoms with van der Waals surface area (Å²) in [6, 6.07) is 7.05. The largest absolute Gasteiger partial charge is 0.484 e. The summed E-state index contributed by atoms with van der Waals surface area (Å²) in [4.78, 5) is 16.2. The lowest BCUT2D eigenvalue weighted by Gasteiger charge is -2.13. The van der Waals surface area contributed by atoms with Gasteiger partial charge in [0.1, 0.15) is 11.9 Å². The fraction of sp³-hybridized carbons (Fsp3) is 0.438. The van der Waals surface area contributed by atoms with E-state index in [0.717, 1.165) is 6.42 Å². The summed E-state index contributed by atoms with van der Waals surface area (Å²) in [6.45, 7) is 2.38. The van der Waals surface area contributed by atoms with Gasteiger partial charge in [-0.2, -0.15) is 4.98 Å². The average molecular weight is 332 g/mol. The van der Waals surface area contributed by atoms with Crippen LogP contribution in [0.3, 0.4) is 0 Å². The van der Waals surface area contributed by atoms with E-state index in [1.54, 1.807) is 31.2 Å². The highest BCUT2D eigenvalue weighted by Crippen LogP contribution is 2.21. The maximum Gasteiger partial charge on any atom is 0.264 e. The molecule has 8 nitrogen and oxygen atoms in total. The van der Waals surface area contributed by atoms with Crippen LogP contribution in [-0.2, 0) is 16.1 Å². The highest BCUT2D eigenvalue weighted by Gasteiger charge is 2.29. The molecule has 0 aliphatic carbocycles. The number of ether oxygens (including phenoxy) is 2. The van der Waals surface area contributed by atoms with Gasteiger partial charge in [0, 0.05) is 12.2 Å². The molecule has 2 aromatic rings. The number of hydrogen-bond acceptors (Lipinski definition) is 7. The zero-order valence-electron chi connectivity index (χ0n) is 13.4. The van der Waals surface area contributed by atoms with E-state index >= 15 is 0 Å². The van der Waals surface area contributed by atoms with Gasteiger partial charge in [-0.3, -0.25) is 4.79 Å². The van der Waals surface area contributed by atoms with E-state index in [1.165, 1.54) is 0 Å². The topological polar surface area (TPSA) is 113 Å². The number of nitrogens with zero attached hydrogens (tertiary/aromatic N) is 2. The number of rotatable bonds is 6. The second-order valence-corrected chi connectivity index (χ2v) is 5.60. The summed E-state index contributed by atoms with van der Waals surface area (Å²) in [5.41, 5.74) is 6.23. The van der Waals surface area contributed by atoms with Crippen molar-refractivity contribution in [2.75, 3.05) is 11.9 Å². The molecule has 1 aromatic heterocycles. The number of anilines is 1. The van der Waals surface area contributed by atoms with Crippen LogP contribution < -0.4 is 15.8 Å². The van der Waals surface area contributed by atoms with Crippen LogP contribution in [0.15, 0.2) is 28.8 Å². The van der Waals surface area contributed by atoms with Gasteiger partial charge in [-0.05, 0) is 44.0 Å². The molecule has 3 N–H and O–H groups in total. The maximum atomic E-state index is 12.1. The molecule has 128 valence electrons. The molecule has 1 aromatic carbocycles. The second-order valence-electron chi connectivity index (χ2n) is 5.60. The normalized spacial score (nSPS) is 20.1. The fourth-order valence-corrected chi connectivity index (χ4v) is 2.47. The predicted octanol–water partition coefficient (Wildman–Crippen LogP) is 1.40. The molecule has 1 aliphatic heterocycles. The third-order valence-electron chi connectivity index (χ3n) is 3.72. The Morgan fingerprint density at radius 3 is 2.79 bits per heavy atom. The molecule has 0 saturated carbocycles. The lowest BCUT2D eigenvalue weighted by Crippen LogP contribution is -2.29. The monoisotopic (exact) mass is 332 g/mol. The fourth-order valence-electron chi connectivity index (χ4n) is 2.47. The first-order chi connectivity index (χ1) is 11.6. The Kier molecular flexibility index (Phi) is 5.07. The number of aryl methyl sites for hydroxylation is 1. The van der Waals surface area contributed by atoms with E-state index in [4.69, 9.17) is 19.7 Å². The highest BCUT2D eigenvalue weighted by atomic mass is 16.5. The van der Waals surface area contributed by atoms with Gasteiger partial charge in [-0.15, -0.1) is 0 Å². The van der Waals surface area contributed by atoms with E-state index in [0.29, 0.717) is 36.1 Å². The quantitative estimate of drug-likeness (QED) is 0.822. The lowest BCUT2D eigenvalue weighted by atomic mass is 10.2. The Bertz CT molecular complexity index is 686. The van der Waals surface area contributed by atoms with Gasteiger partial charge in [-0.1, -0.05) is 5.16 Å². The van der Waals surface area contributed by atoms with Crippen LogP contribution in [0.25, 0.3) is 0 Å². The van der Waals surface area contributed by atoms with Crippen LogP contribution in [-0.4, -0.2) is 34.8 Å². The molecule has 2 atom stereocenters. The molecule has 0 radical (unpaired) electrons. The average Bonchev–Trinajstić information content (AvgIpc) is 3.23. The molecule has 8 heteroatoms. The van der Waals surface area contributed by atoms with Gasteiger partial charge in [0.15, 0.2) is 12.4 Å². The second kappa shape index (κ2) is 7.41. The van der Waals surface area contributed by atoms with Gasteiger partial charge >= 0.3 is 0 Å². The van der Waals surface area contributed by atoms with Crippen LogP contribution in [0.2, 0.25) is 0 Å². The minimum absolute atomic E-state index is 0.0233. The molecule has 0 spiro atoms. The smallest absolute Gasteiger partial charge is 0.264 e. The van der Waals surface area contributed by atoms with Crippen LogP contribution >= 0.6 is 0 Å². The molecule has 0 bridgehead atoms. The van der Waals surface area contributed by atoms with E-state index in [9.17, 15) is 4.79 Å². The first-order valence-electron chi connectivity index (χ1n) is 7.82. The third-order valence-corrected chi connectivity index (χ3v) is 3.72. The van der Waals surface area contributed by atoms with Gasteiger partial charge in [0.05, 0.1) is 6.10 Å². The van der Waals surface area contributed by atoms with Crippen molar-refractivity contribution >= 4 is 11.6 Å². The Morgan fingerprint density at radius 2 is 2.17 bits per heavy atom. The summed E-state index contributed by atoms with van der Waals surface area (Å²) in [7, 11) is 0. The predicted molar refractivity (Wildman–Crippen MR) is 85.4 cm³/mol. The van der Waals surface area contributed by atoms with Crippen LogP contribution in [0, 0.1) is 6.92 Å². The number of carbonyl (C=O) groups is 1. The molecule has 1 saturated heterocycles. The van der Waals surface area contributed by atoms with Crippen molar-refractivity contribution in [1.29, 1.82) is 0 Å². The molecule has 2 heterocycles. The minimum Gasteiger partial charge on any atom is -0.484 e. The van der Waals surface area contributed by atoms with E-state index in [1.807, 2.05) is 0 Å². The number of amides is 1. The Hall–Kier alpha value is -2.45. The summed E-state index contributed by atoms with van der Waals surface area (Å²) < 4.78 is 16.1. The number of benzene rings is 1. The molecular weight excluding hydrogens is 312 g/mol. The Morgan fingerprint density at radius 1 is 1.38 bits per heavy atom. The van der Waals surface area contributed by atoms with E-state index in [2.05, 4.69) is 15.5 Å². The van der Waals surface area contributed by atoms with Gasteiger partial charge < -0.3 is 25.0 Å². The zero-order valence-corrected chi connectivity index (χ0v) is 13.4. The summed E-state index contributed by atoms with van der Waals surface area (Å²) in [5, 5.41) is 6.52. The molecule has 1 aliphatic rings. The van der Waals surface area contributed by atoms with Crippen molar-refractivity contribution in [2.45, 2.75) is 38.6 Å². The van der Waals surface area contributed by atoms with Gasteiger partial charge in [0.25, 0.3) is 11.8 Å². The third kappa shape index (κ3) is 4.09. The SMILES string of the molecule is Cc1noc(COc2ccc(NC(=O)[C@@H]3CC[C@H](CN)O3)cc2)n1. The first-order valence-corrected chi connectivity index (χ1v) is 7.82. The number of hydrogen-bond donors (Lipinski definition) is 2. The van der Waals surface area contributed by atoms with Crippen LogP contribution in [0.5, 0.6) is 5.75 Å². The molecule has 1 amide bonds. The summed E-state index contributed by atoms with van der Waals surface area (Å²) >= 11 is 0. The standard InChI is InChI=1S/C16H20N4O4/c1-10-18-15(24-20-10)9-22-12-4-2-11(3-5-12)19-16(21)14-7-6-13(8-17)23-14/h2-5,13-14H,6-9,17H2,1H3,(H,19,21)/t13-,14+/m1/s1. The molecule has 1 fully saturated rings. The molecule has 3 rings (SSSR count). The number of carbonyl (C=O) groups excluding carboxylic acids is 1. The van der Waals surface area contributed by atoms with Crippen molar-refractivity contribution in [3.8, 4) is 5.75 Å². The van der Waals surface area contributed by atoms with E-state index in [-0.39, 0.29) is 18.6 Å². The molecule has 0 unspecified atom stereocenters. The van der Waals surface area contributed by atoms with E-state index < -0.39 is 6.10 Å². The molecular formula is C16H20N4O4. The lowest BCUT2D eigenvalue weighted by molar-refractivity contribution is -0.126. The van der Waals surface area contributed by atoms with Crippen LogP contribution in [0.1, 0.15) is 24.6 Å². The summed E-state index contributed by atoms with van der Waals surface area (Å²) in [6.07, 6.45) is 1.05. The zero-order chi connectivity index (χ0) is 16.9. The number of nitrogens with two attached hydrogens (primary N) is 1. The van der Waals surface area contributed by atoms with Gasteiger partial charge in [0.2, 0.25) is 0 Å². The maximum absolute atomic E-state index is 12.1. The highest BCUT2D eigenvalue weighted by molar-refractivity contribution is 5.94. The minimum atomic E-state index is -0.435. The Labute approximate surface area is 139 Å².